The lowest BCUT2D eigenvalue weighted by Gasteiger charge is -2.37. The Hall–Kier alpha value is 0.300. The van der Waals surface area contributed by atoms with Crippen LogP contribution in [0.1, 0.15) is 90.9 Å². The van der Waals surface area contributed by atoms with Crippen LogP contribution < -0.4 is 0 Å². The zero-order chi connectivity index (χ0) is 17.1. The van der Waals surface area contributed by atoms with E-state index < -0.39 is 21.6 Å². The van der Waals surface area contributed by atoms with Crippen LogP contribution in [0.5, 0.6) is 0 Å². The molecule has 2 nitrogen and oxygen atoms in total. The third-order valence-corrected chi connectivity index (χ3v) is 11.5. The van der Waals surface area contributed by atoms with Crippen molar-refractivity contribution in [3.05, 3.63) is 0 Å². The molecule has 0 heterocycles. The smallest absolute Gasteiger partial charge is 0.0494 e. The first-order valence-corrected chi connectivity index (χ1v) is 12.9. The minimum atomic E-state index is -0.769. The topological polar surface area (TPSA) is 34.1 Å². The average molecular weight is 373 g/mol. The fourth-order valence-corrected chi connectivity index (χ4v) is 10.1. The van der Waals surface area contributed by atoms with Crippen molar-refractivity contribution in [3.63, 3.8) is 0 Å². The molecule has 0 spiro atoms. The minimum Gasteiger partial charge on any atom is -0.259 e. The van der Waals surface area contributed by atoms with E-state index in [0.717, 1.165) is 50.4 Å². The maximum Gasteiger partial charge on any atom is 0.0494 e. The Morgan fingerprint density at radius 1 is 0.583 bits per heavy atom. The Morgan fingerprint density at radius 2 is 1.17 bits per heavy atom. The fourth-order valence-electron chi connectivity index (χ4n) is 5.14. The zero-order valence-corrected chi connectivity index (χ0v) is 17.2. The zero-order valence-electron chi connectivity index (χ0n) is 15.6. The van der Waals surface area contributed by atoms with Crippen molar-refractivity contribution < 1.29 is 8.42 Å². The summed E-state index contributed by atoms with van der Waals surface area (Å²) in [6.45, 7) is 4.63. The van der Waals surface area contributed by atoms with Gasteiger partial charge in [0.15, 0.2) is 0 Å². The van der Waals surface area contributed by atoms with Gasteiger partial charge in [0.05, 0.1) is 0 Å². The SMILES string of the molecule is CC1CCC(S(=O)C2CCCCC2S(=O)C2CCCC(C)C2)CC1. The highest BCUT2D eigenvalue weighted by atomic mass is 32.2. The Labute approximate surface area is 153 Å². The number of rotatable bonds is 4. The van der Waals surface area contributed by atoms with Crippen LogP contribution in [0.25, 0.3) is 0 Å². The summed E-state index contributed by atoms with van der Waals surface area (Å²) < 4.78 is 26.6. The van der Waals surface area contributed by atoms with Gasteiger partial charge < -0.3 is 0 Å². The molecule has 3 aliphatic carbocycles. The van der Waals surface area contributed by atoms with Gasteiger partial charge in [-0.05, 0) is 63.2 Å². The van der Waals surface area contributed by atoms with E-state index >= 15 is 0 Å². The Balaban J connectivity index is 1.66. The van der Waals surface area contributed by atoms with Crippen LogP contribution in [0.2, 0.25) is 0 Å². The molecule has 0 aromatic rings. The summed E-state index contributed by atoms with van der Waals surface area (Å²) in [5.74, 6) is 1.53. The van der Waals surface area contributed by atoms with E-state index in [1.54, 1.807) is 0 Å². The molecule has 24 heavy (non-hydrogen) atoms. The maximum atomic E-state index is 13.3. The fraction of sp³-hybridized carbons (Fsp3) is 1.00. The highest BCUT2D eigenvalue weighted by Crippen LogP contribution is 2.37. The van der Waals surface area contributed by atoms with E-state index in [1.165, 1.54) is 38.5 Å². The van der Waals surface area contributed by atoms with Gasteiger partial charge in [-0.2, -0.15) is 0 Å². The lowest BCUT2D eigenvalue weighted by molar-refractivity contribution is 0.382. The van der Waals surface area contributed by atoms with Crippen molar-refractivity contribution in [1.82, 2.24) is 0 Å². The highest BCUT2D eigenvalue weighted by molar-refractivity contribution is 7.90. The largest absolute Gasteiger partial charge is 0.259 e. The van der Waals surface area contributed by atoms with Crippen molar-refractivity contribution in [2.24, 2.45) is 11.8 Å². The molecule has 0 amide bonds. The Bertz CT molecular complexity index is 457. The molecule has 4 heteroatoms. The van der Waals surface area contributed by atoms with Gasteiger partial charge in [-0.1, -0.05) is 39.5 Å². The molecule has 0 bridgehead atoms. The van der Waals surface area contributed by atoms with Crippen LogP contribution in [0.15, 0.2) is 0 Å². The molecule has 3 saturated carbocycles. The van der Waals surface area contributed by atoms with Gasteiger partial charge in [-0.3, -0.25) is 8.42 Å². The molecule has 3 fully saturated rings. The standard InChI is InChI=1S/C20H36O2S2/c1-15-10-12-17(13-11-15)23(21)19-8-3-4-9-20(19)24(22)18-7-5-6-16(2)14-18/h15-20H,3-14H2,1-2H3. The van der Waals surface area contributed by atoms with Crippen molar-refractivity contribution in [1.29, 1.82) is 0 Å². The molecule has 3 aliphatic rings. The third kappa shape index (κ3) is 4.52. The summed E-state index contributed by atoms with van der Waals surface area (Å²) in [6, 6.07) is 0. The maximum absolute atomic E-state index is 13.3. The summed E-state index contributed by atoms with van der Waals surface area (Å²) in [4.78, 5) is 0. The van der Waals surface area contributed by atoms with Crippen molar-refractivity contribution in [2.75, 3.05) is 0 Å². The quantitative estimate of drug-likeness (QED) is 0.699. The first kappa shape index (κ1) is 19.1. The normalized spacial score (nSPS) is 43.9. The van der Waals surface area contributed by atoms with Crippen LogP contribution >= 0.6 is 0 Å². The molecule has 0 aromatic heterocycles. The average Bonchev–Trinajstić information content (AvgIpc) is 2.61. The van der Waals surface area contributed by atoms with Gasteiger partial charge in [-0.15, -0.1) is 0 Å². The monoisotopic (exact) mass is 372 g/mol. The van der Waals surface area contributed by atoms with Crippen LogP contribution in [0, 0.1) is 11.8 Å². The number of hydrogen-bond donors (Lipinski definition) is 0. The van der Waals surface area contributed by atoms with Gasteiger partial charge in [0.2, 0.25) is 0 Å². The lowest BCUT2D eigenvalue weighted by Crippen LogP contribution is -2.44. The van der Waals surface area contributed by atoms with Crippen molar-refractivity contribution >= 4 is 21.6 Å². The van der Waals surface area contributed by atoms with Gasteiger partial charge in [0, 0.05) is 42.6 Å². The van der Waals surface area contributed by atoms with E-state index in [1.807, 2.05) is 0 Å². The Morgan fingerprint density at radius 3 is 1.75 bits per heavy atom. The summed E-state index contributed by atoms with van der Waals surface area (Å²) in [7, 11) is -1.53. The Kier molecular flexibility index (Phi) is 6.99. The molecule has 0 saturated heterocycles. The highest BCUT2D eigenvalue weighted by Gasteiger charge is 2.40. The molecule has 0 aromatic carbocycles. The van der Waals surface area contributed by atoms with E-state index in [4.69, 9.17) is 0 Å². The van der Waals surface area contributed by atoms with Gasteiger partial charge in [-0.25, -0.2) is 0 Å². The molecule has 0 radical (unpaired) electrons. The van der Waals surface area contributed by atoms with Gasteiger partial charge in [0.25, 0.3) is 0 Å². The summed E-state index contributed by atoms with van der Waals surface area (Å²) in [5.41, 5.74) is 0. The second kappa shape index (κ2) is 8.79. The van der Waals surface area contributed by atoms with Crippen LogP contribution in [0.3, 0.4) is 0 Å². The molecule has 3 rings (SSSR count). The van der Waals surface area contributed by atoms with Gasteiger partial charge in [0.1, 0.15) is 0 Å². The molecular weight excluding hydrogens is 336 g/mol. The molecule has 6 atom stereocenters. The second-order valence-electron chi connectivity index (χ2n) is 8.79. The third-order valence-electron chi connectivity index (χ3n) is 6.75. The van der Waals surface area contributed by atoms with Crippen LogP contribution in [-0.2, 0) is 21.6 Å². The lowest BCUT2D eigenvalue weighted by atomic mass is 9.90. The van der Waals surface area contributed by atoms with E-state index in [9.17, 15) is 8.42 Å². The molecular formula is C20H36O2S2. The predicted molar refractivity (Wildman–Crippen MR) is 105 cm³/mol. The minimum absolute atomic E-state index is 0.217. The van der Waals surface area contributed by atoms with E-state index in [-0.39, 0.29) is 10.5 Å². The van der Waals surface area contributed by atoms with Crippen molar-refractivity contribution in [3.8, 4) is 0 Å². The predicted octanol–water partition coefficient (Wildman–Crippen LogP) is 4.95. The van der Waals surface area contributed by atoms with Crippen molar-refractivity contribution in [2.45, 2.75) is 112 Å². The van der Waals surface area contributed by atoms with E-state index in [0.29, 0.717) is 10.5 Å². The molecule has 6 unspecified atom stereocenters. The summed E-state index contributed by atoms with van der Waals surface area (Å²) >= 11 is 0. The van der Waals surface area contributed by atoms with Gasteiger partial charge >= 0.3 is 0 Å². The second-order valence-corrected chi connectivity index (χ2v) is 12.7. The first-order chi connectivity index (χ1) is 11.6. The van der Waals surface area contributed by atoms with Crippen LogP contribution in [0.4, 0.5) is 0 Å². The van der Waals surface area contributed by atoms with E-state index in [2.05, 4.69) is 13.8 Å². The number of hydrogen-bond acceptors (Lipinski definition) is 2. The summed E-state index contributed by atoms with van der Waals surface area (Å²) in [5, 5.41) is 1.20. The molecule has 0 aliphatic heterocycles. The summed E-state index contributed by atoms with van der Waals surface area (Å²) in [6.07, 6.45) is 14.0. The van der Waals surface area contributed by atoms with Crippen LogP contribution in [-0.4, -0.2) is 29.4 Å². The molecule has 0 N–H and O–H groups in total. The molecule has 140 valence electrons. The first-order valence-electron chi connectivity index (χ1n) is 10.3.